The number of hydrogen-bond acceptors (Lipinski definition) is 4. The summed E-state index contributed by atoms with van der Waals surface area (Å²) < 4.78 is 44.1. The molecule has 1 aliphatic carbocycles. The van der Waals surface area contributed by atoms with Crippen molar-refractivity contribution in [3.63, 3.8) is 0 Å². The third kappa shape index (κ3) is 4.82. The Balaban J connectivity index is 1.59. The summed E-state index contributed by atoms with van der Waals surface area (Å²) in [5, 5.41) is 5.33. The summed E-state index contributed by atoms with van der Waals surface area (Å²) in [5.74, 6) is -0.398. The first-order valence-corrected chi connectivity index (χ1v) is 9.78. The SMILES string of the molecule is O=C1NC(c2cccc(C(F)(F)F)c2)SC1OC(=S)NC1CCCCC1. The highest BCUT2D eigenvalue weighted by molar-refractivity contribution is 8.01. The summed E-state index contributed by atoms with van der Waals surface area (Å²) >= 11 is 6.28. The molecule has 1 aromatic rings. The fraction of sp³-hybridized carbons (Fsp3) is 0.529. The molecular formula is C17H19F3N2O2S2. The van der Waals surface area contributed by atoms with E-state index >= 15 is 0 Å². The first-order valence-electron chi connectivity index (χ1n) is 8.43. The minimum absolute atomic E-state index is 0.161. The van der Waals surface area contributed by atoms with Crippen LogP contribution in [0.4, 0.5) is 13.2 Å². The van der Waals surface area contributed by atoms with E-state index in [0.717, 1.165) is 49.6 Å². The van der Waals surface area contributed by atoms with Crippen LogP contribution in [0.1, 0.15) is 48.6 Å². The largest absolute Gasteiger partial charge is 0.446 e. The maximum Gasteiger partial charge on any atom is 0.416 e. The first-order chi connectivity index (χ1) is 12.3. The minimum atomic E-state index is -4.43. The Morgan fingerprint density at radius 2 is 2.00 bits per heavy atom. The maximum absolute atomic E-state index is 12.9. The Hall–Kier alpha value is -1.48. The normalized spacial score (nSPS) is 24.2. The molecule has 3 rings (SSSR count). The van der Waals surface area contributed by atoms with E-state index in [0.29, 0.717) is 5.56 Å². The van der Waals surface area contributed by atoms with E-state index in [9.17, 15) is 18.0 Å². The van der Waals surface area contributed by atoms with E-state index < -0.39 is 28.5 Å². The lowest BCUT2D eigenvalue weighted by atomic mass is 9.96. The molecule has 1 heterocycles. The van der Waals surface area contributed by atoms with E-state index in [1.54, 1.807) is 6.07 Å². The highest BCUT2D eigenvalue weighted by atomic mass is 32.2. The second kappa shape index (κ2) is 8.04. The number of thioether (sulfide) groups is 1. The molecule has 0 radical (unpaired) electrons. The van der Waals surface area contributed by atoms with Crippen LogP contribution in [0, 0.1) is 0 Å². The van der Waals surface area contributed by atoms with Gasteiger partial charge in [-0.3, -0.25) is 4.79 Å². The maximum atomic E-state index is 12.9. The fourth-order valence-corrected chi connectivity index (χ4v) is 4.49. The van der Waals surface area contributed by atoms with Gasteiger partial charge in [-0.2, -0.15) is 13.2 Å². The van der Waals surface area contributed by atoms with E-state index in [-0.39, 0.29) is 11.2 Å². The fourth-order valence-electron chi connectivity index (χ4n) is 3.08. The molecule has 26 heavy (non-hydrogen) atoms. The van der Waals surface area contributed by atoms with Gasteiger partial charge in [0.05, 0.1) is 5.56 Å². The van der Waals surface area contributed by atoms with Crippen LogP contribution in [-0.4, -0.2) is 22.6 Å². The molecule has 9 heteroatoms. The molecule has 2 N–H and O–H groups in total. The van der Waals surface area contributed by atoms with Crippen molar-refractivity contribution in [3.05, 3.63) is 35.4 Å². The van der Waals surface area contributed by atoms with E-state index in [4.69, 9.17) is 17.0 Å². The topological polar surface area (TPSA) is 50.4 Å². The zero-order valence-corrected chi connectivity index (χ0v) is 15.5. The Morgan fingerprint density at radius 1 is 1.27 bits per heavy atom. The highest BCUT2D eigenvalue weighted by Gasteiger charge is 2.37. The minimum Gasteiger partial charge on any atom is -0.446 e. The van der Waals surface area contributed by atoms with Crippen molar-refractivity contribution in [2.75, 3.05) is 0 Å². The van der Waals surface area contributed by atoms with Gasteiger partial charge in [-0.05, 0) is 42.8 Å². The van der Waals surface area contributed by atoms with E-state index in [1.807, 2.05) is 0 Å². The van der Waals surface area contributed by atoms with Crippen LogP contribution in [-0.2, 0) is 15.7 Å². The number of hydrogen-bond donors (Lipinski definition) is 2. The van der Waals surface area contributed by atoms with Gasteiger partial charge in [-0.15, -0.1) is 0 Å². The summed E-state index contributed by atoms with van der Waals surface area (Å²) in [6.45, 7) is 0. The Bertz CT molecular complexity index is 678. The summed E-state index contributed by atoms with van der Waals surface area (Å²) in [6.07, 6.45) is 1.09. The molecule has 1 saturated heterocycles. The first kappa shape index (κ1) is 19.3. The third-order valence-electron chi connectivity index (χ3n) is 4.41. The number of nitrogens with one attached hydrogen (secondary N) is 2. The van der Waals surface area contributed by atoms with Crippen molar-refractivity contribution in [2.24, 2.45) is 0 Å². The molecule has 1 amide bonds. The molecule has 0 spiro atoms. The van der Waals surface area contributed by atoms with Crippen LogP contribution >= 0.6 is 24.0 Å². The summed E-state index contributed by atoms with van der Waals surface area (Å²) in [4.78, 5) is 12.1. The van der Waals surface area contributed by atoms with Crippen LogP contribution in [0.2, 0.25) is 0 Å². The van der Waals surface area contributed by atoms with Crippen molar-refractivity contribution in [1.29, 1.82) is 0 Å². The number of thiocarbonyl (C=S) groups is 1. The Kier molecular flexibility index (Phi) is 5.96. The average Bonchev–Trinajstić information content (AvgIpc) is 2.96. The molecule has 0 aromatic heterocycles. The number of rotatable bonds is 3. The monoisotopic (exact) mass is 404 g/mol. The number of carbonyl (C=O) groups is 1. The van der Waals surface area contributed by atoms with Gasteiger partial charge in [0.2, 0.25) is 5.44 Å². The van der Waals surface area contributed by atoms with E-state index in [1.165, 1.54) is 12.5 Å². The molecule has 1 aliphatic heterocycles. The number of amides is 1. The lowest BCUT2D eigenvalue weighted by molar-refractivity contribution is -0.137. The number of ether oxygens (including phenoxy) is 1. The van der Waals surface area contributed by atoms with Crippen LogP contribution in [0.25, 0.3) is 0 Å². The van der Waals surface area contributed by atoms with Crippen LogP contribution in [0.3, 0.4) is 0 Å². The van der Waals surface area contributed by atoms with E-state index in [2.05, 4.69) is 10.6 Å². The van der Waals surface area contributed by atoms with Gasteiger partial charge >= 0.3 is 6.18 Å². The van der Waals surface area contributed by atoms with Crippen LogP contribution < -0.4 is 10.6 Å². The number of carbonyl (C=O) groups excluding carboxylic acids is 1. The summed E-state index contributed by atoms with van der Waals surface area (Å²) in [5.41, 5.74) is -1.25. The second-order valence-electron chi connectivity index (χ2n) is 6.36. The predicted molar refractivity (Wildman–Crippen MR) is 97.4 cm³/mol. The number of benzene rings is 1. The Labute approximate surface area is 159 Å². The lowest BCUT2D eigenvalue weighted by Crippen LogP contribution is -2.39. The van der Waals surface area contributed by atoms with Crippen LogP contribution in [0.15, 0.2) is 24.3 Å². The standard InChI is InChI=1S/C17H19F3N2O2S2/c18-17(19,20)11-6-4-5-10(9-11)14-22-13(23)15(26-14)24-16(25)21-12-7-2-1-3-8-12/h4-6,9,12,14-15H,1-3,7-8H2,(H,21,25)(H,22,23). The van der Waals surface area contributed by atoms with Crippen LogP contribution in [0.5, 0.6) is 0 Å². The highest BCUT2D eigenvalue weighted by Crippen LogP contribution is 2.38. The molecule has 1 aromatic carbocycles. The number of alkyl halides is 3. The van der Waals surface area contributed by atoms with Gasteiger partial charge < -0.3 is 15.4 Å². The second-order valence-corrected chi connectivity index (χ2v) is 7.91. The van der Waals surface area contributed by atoms with Crippen molar-refractivity contribution in [2.45, 2.75) is 55.1 Å². The van der Waals surface area contributed by atoms with Gasteiger partial charge in [-0.1, -0.05) is 43.2 Å². The molecule has 0 bridgehead atoms. The summed E-state index contributed by atoms with van der Waals surface area (Å²) in [7, 11) is 0. The third-order valence-corrected chi connectivity index (χ3v) is 5.84. The van der Waals surface area contributed by atoms with Crippen molar-refractivity contribution in [3.8, 4) is 0 Å². The molecule has 2 unspecified atom stereocenters. The van der Waals surface area contributed by atoms with Gasteiger partial charge in [0.1, 0.15) is 5.37 Å². The smallest absolute Gasteiger partial charge is 0.416 e. The predicted octanol–water partition coefficient (Wildman–Crippen LogP) is 4.12. The quantitative estimate of drug-likeness (QED) is 0.743. The average molecular weight is 404 g/mol. The van der Waals surface area contributed by atoms with Gasteiger partial charge in [0.15, 0.2) is 0 Å². The summed E-state index contributed by atoms with van der Waals surface area (Å²) in [6, 6.07) is 5.17. The van der Waals surface area contributed by atoms with Crippen molar-refractivity contribution < 1.29 is 22.7 Å². The molecule has 2 fully saturated rings. The van der Waals surface area contributed by atoms with Gasteiger partial charge in [0.25, 0.3) is 11.1 Å². The molecule has 2 aliphatic rings. The lowest BCUT2D eigenvalue weighted by Gasteiger charge is -2.24. The van der Waals surface area contributed by atoms with Gasteiger partial charge in [0, 0.05) is 6.04 Å². The zero-order chi connectivity index (χ0) is 18.7. The molecule has 142 valence electrons. The van der Waals surface area contributed by atoms with Crippen molar-refractivity contribution >= 4 is 35.1 Å². The zero-order valence-electron chi connectivity index (χ0n) is 13.8. The molecule has 2 atom stereocenters. The van der Waals surface area contributed by atoms with Gasteiger partial charge in [-0.25, -0.2) is 0 Å². The molecule has 4 nitrogen and oxygen atoms in total. The number of halogens is 3. The molecule has 1 saturated carbocycles. The Morgan fingerprint density at radius 3 is 2.69 bits per heavy atom. The molecular weight excluding hydrogens is 385 g/mol. The van der Waals surface area contributed by atoms with Crippen molar-refractivity contribution in [1.82, 2.24) is 10.6 Å².